The van der Waals surface area contributed by atoms with Gasteiger partial charge in [-0.05, 0) is 29.3 Å². The van der Waals surface area contributed by atoms with Gasteiger partial charge in [-0.15, -0.1) is 0 Å². The average Bonchev–Trinajstić information content (AvgIpc) is 2.82. The maximum atomic E-state index is 6.34. The smallest absolute Gasteiger partial charge is 0.159 e. The highest BCUT2D eigenvalue weighted by atomic mass is 79.9. The number of hydrogen-bond donors (Lipinski definition) is 1. The molecule has 0 aromatic carbocycles. The Morgan fingerprint density at radius 3 is 2.61 bits per heavy atom. The largest absolute Gasteiger partial charge is 0.381 e. The van der Waals surface area contributed by atoms with Gasteiger partial charge in [0.05, 0.1) is 27.4 Å². The van der Waals surface area contributed by atoms with Crippen LogP contribution in [0, 0.1) is 0 Å². The van der Waals surface area contributed by atoms with Gasteiger partial charge in [0.1, 0.15) is 0 Å². The Balaban J connectivity index is 2.35. The zero-order valence-electron chi connectivity index (χ0n) is 10.3. The van der Waals surface area contributed by atoms with Crippen molar-refractivity contribution in [3.8, 4) is 0 Å². The standard InChI is InChI=1S/C11H15BrClN5/c1-3-8-10(13)9(18(4-2)15-8)6-17-5-7(12)11(14)16-17/h5H,3-4,6H2,1-2H3,(H2,14,16). The van der Waals surface area contributed by atoms with E-state index in [9.17, 15) is 0 Å². The van der Waals surface area contributed by atoms with E-state index in [0.717, 1.165) is 33.8 Å². The van der Waals surface area contributed by atoms with Crippen molar-refractivity contribution in [2.45, 2.75) is 33.4 Å². The summed E-state index contributed by atoms with van der Waals surface area (Å²) in [6.07, 6.45) is 2.66. The van der Waals surface area contributed by atoms with Gasteiger partial charge in [-0.2, -0.15) is 10.2 Å². The Hall–Kier alpha value is -1.01. The lowest BCUT2D eigenvalue weighted by Crippen LogP contribution is -2.09. The molecule has 0 fully saturated rings. The SMILES string of the molecule is CCc1nn(CC)c(Cn2cc(Br)c(N)n2)c1Cl. The van der Waals surface area contributed by atoms with Gasteiger partial charge in [0.25, 0.3) is 0 Å². The molecule has 2 N–H and O–H groups in total. The molecule has 5 nitrogen and oxygen atoms in total. The number of nitrogens with zero attached hydrogens (tertiary/aromatic N) is 4. The fourth-order valence-electron chi connectivity index (χ4n) is 1.81. The van der Waals surface area contributed by atoms with Gasteiger partial charge in [-0.1, -0.05) is 18.5 Å². The van der Waals surface area contributed by atoms with Crippen molar-refractivity contribution in [1.82, 2.24) is 19.6 Å². The van der Waals surface area contributed by atoms with E-state index in [1.165, 1.54) is 0 Å². The van der Waals surface area contributed by atoms with Crippen LogP contribution in [-0.2, 0) is 19.5 Å². The van der Waals surface area contributed by atoms with E-state index in [2.05, 4.69) is 26.1 Å². The highest BCUT2D eigenvalue weighted by molar-refractivity contribution is 9.10. The zero-order chi connectivity index (χ0) is 13.3. The number of aryl methyl sites for hydroxylation is 2. The molecule has 2 aromatic heterocycles. The van der Waals surface area contributed by atoms with Crippen molar-refractivity contribution >= 4 is 33.3 Å². The summed E-state index contributed by atoms with van der Waals surface area (Å²) >= 11 is 9.68. The van der Waals surface area contributed by atoms with Gasteiger partial charge in [0.2, 0.25) is 0 Å². The van der Waals surface area contributed by atoms with Crippen LogP contribution in [0.4, 0.5) is 5.82 Å². The lowest BCUT2D eigenvalue weighted by atomic mass is 10.3. The lowest BCUT2D eigenvalue weighted by molar-refractivity contribution is 0.574. The molecule has 0 amide bonds. The van der Waals surface area contributed by atoms with Gasteiger partial charge in [0.15, 0.2) is 5.82 Å². The molecule has 98 valence electrons. The summed E-state index contributed by atoms with van der Waals surface area (Å²) in [6.45, 7) is 5.43. The molecule has 0 unspecified atom stereocenters. The summed E-state index contributed by atoms with van der Waals surface area (Å²) in [4.78, 5) is 0. The molecule has 2 rings (SSSR count). The van der Waals surface area contributed by atoms with Crippen LogP contribution in [-0.4, -0.2) is 19.6 Å². The minimum Gasteiger partial charge on any atom is -0.381 e. The van der Waals surface area contributed by atoms with E-state index in [4.69, 9.17) is 17.3 Å². The molecule has 0 bridgehead atoms. The Morgan fingerprint density at radius 2 is 2.11 bits per heavy atom. The molecule has 0 saturated carbocycles. The normalized spacial score (nSPS) is 11.1. The molecule has 7 heteroatoms. The zero-order valence-corrected chi connectivity index (χ0v) is 12.7. The van der Waals surface area contributed by atoms with E-state index in [1.807, 2.05) is 24.7 Å². The third-order valence-corrected chi connectivity index (χ3v) is 3.80. The third kappa shape index (κ3) is 2.40. The number of aromatic nitrogens is 4. The number of nitrogens with two attached hydrogens (primary N) is 1. The van der Waals surface area contributed by atoms with Crippen molar-refractivity contribution in [2.24, 2.45) is 0 Å². The van der Waals surface area contributed by atoms with Gasteiger partial charge < -0.3 is 5.73 Å². The number of nitrogen functional groups attached to an aromatic ring is 1. The molecule has 2 aromatic rings. The molecule has 0 aliphatic carbocycles. The second-order valence-electron chi connectivity index (χ2n) is 3.94. The van der Waals surface area contributed by atoms with E-state index < -0.39 is 0 Å². The van der Waals surface area contributed by atoms with Crippen LogP contribution in [0.3, 0.4) is 0 Å². The maximum Gasteiger partial charge on any atom is 0.159 e. The number of rotatable bonds is 4. The molecule has 0 atom stereocenters. The first-order valence-electron chi connectivity index (χ1n) is 5.79. The molecule has 0 aliphatic heterocycles. The van der Waals surface area contributed by atoms with Crippen LogP contribution in [0.5, 0.6) is 0 Å². The summed E-state index contributed by atoms with van der Waals surface area (Å²) in [6, 6.07) is 0. The number of anilines is 1. The first-order chi connectivity index (χ1) is 8.56. The molecule has 0 aliphatic rings. The summed E-state index contributed by atoms with van der Waals surface area (Å²) in [5.41, 5.74) is 7.59. The Morgan fingerprint density at radius 1 is 1.39 bits per heavy atom. The first kappa shape index (κ1) is 13.4. The van der Waals surface area contributed by atoms with Gasteiger partial charge in [-0.25, -0.2) is 0 Å². The Kier molecular flexibility index (Phi) is 3.97. The van der Waals surface area contributed by atoms with E-state index in [-0.39, 0.29) is 0 Å². The predicted octanol–water partition coefficient (Wildman–Crippen LogP) is 2.71. The van der Waals surface area contributed by atoms with Gasteiger partial charge in [0, 0.05) is 12.7 Å². The monoisotopic (exact) mass is 331 g/mol. The molecule has 18 heavy (non-hydrogen) atoms. The number of hydrogen-bond acceptors (Lipinski definition) is 3. The summed E-state index contributed by atoms with van der Waals surface area (Å²) in [7, 11) is 0. The van der Waals surface area contributed by atoms with Crippen molar-refractivity contribution in [3.05, 3.63) is 27.1 Å². The van der Waals surface area contributed by atoms with E-state index in [1.54, 1.807) is 4.68 Å². The Bertz CT molecular complexity index is 541. The van der Waals surface area contributed by atoms with Crippen molar-refractivity contribution in [3.63, 3.8) is 0 Å². The molecular weight excluding hydrogens is 318 g/mol. The van der Waals surface area contributed by atoms with E-state index in [0.29, 0.717) is 12.4 Å². The van der Waals surface area contributed by atoms with Crippen LogP contribution >= 0.6 is 27.5 Å². The van der Waals surface area contributed by atoms with Crippen molar-refractivity contribution in [1.29, 1.82) is 0 Å². The summed E-state index contributed by atoms with van der Waals surface area (Å²) < 4.78 is 4.46. The Labute approximate surface area is 119 Å². The number of halogens is 2. The minimum atomic E-state index is 0.476. The summed E-state index contributed by atoms with van der Waals surface area (Å²) in [5, 5.41) is 9.40. The van der Waals surface area contributed by atoms with Crippen LogP contribution in [0.25, 0.3) is 0 Å². The fourth-order valence-corrected chi connectivity index (χ4v) is 2.46. The first-order valence-corrected chi connectivity index (χ1v) is 6.96. The minimum absolute atomic E-state index is 0.476. The van der Waals surface area contributed by atoms with Gasteiger partial charge >= 0.3 is 0 Å². The molecule has 0 radical (unpaired) electrons. The highest BCUT2D eigenvalue weighted by Crippen LogP contribution is 2.24. The molecule has 0 saturated heterocycles. The molecular formula is C11H15BrClN5. The fraction of sp³-hybridized carbons (Fsp3) is 0.455. The van der Waals surface area contributed by atoms with Crippen LogP contribution < -0.4 is 5.73 Å². The molecule has 0 spiro atoms. The van der Waals surface area contributed by atoms with Crippen molar-refractivity contribution in [2.75, 3.05) is 5.73 Å². The van der Waals surface area contributed by atoms with Crippen molar-refractivity contribution < 1.29 is 0 Å². The van der Waals surface area contributed by atoms with Crippen LogP contribution in [0.15, 0.2) is 10.7 Å². The van der Waals surface area contributed by atoms with Crippen LogP contribution in [0.2, 0.25) is 5.02 Å². The quantitative estimate of drug-likeness (QED) is 0.936. The second-order valence-corrected chi connectivity index (χ2v) is 5.17. The molecule has 2 heterocycles. The summed E-state index contributed by atoms with van der Waals surface area (Å²) in [5.74, 6) is 0.476. The highest BCUT2D eigenvalue weighted by Gasteiger charge is 2.15. The van der Waals surface area contributed by atoms with Crippen LogP contribution in [0.1, 0.15) is 25.2 Å². The predicted molar refractivity (Wildman–Crippen MR) is 75.7 cm³/mol. The topological polar surface area (TPSA) is 61.7 Å². The maximum absolute atomic E-state index is 6.34. The third-order valence-electron chi connectivity index (χ3n) is 2.75. The lowest BCUT2D eigenvalue weighted by Gasteiger charge is -2.05. The van der Waals surface area contributed by atoms with E-state index >= 15 is 0 Å². The average molecular weight is 333 g/mol. The van der Waals surface area contributed by atoms with Gasteiger partial charge in [-0.3, -0.25) is 9.36 Å². The second kappa shape index (κ2) is 5.32.